The maximum atomic E-state index is 13.6. The van der Waals surface area contributed by atoms with E-state index in [4.69, 9.17) is 19.9 Å². The number of fused-ring (bicyclic) bond motifs is 5. The van der Waals surface area contributed by atoms with Gasteiger partial charge in [0.2, 0.25) is 0 Å². The number of ketones is 1. The van der Waals surface area contributed by atoms with Crippen LogP contribution >= 0.6 is 0 Å². The van der Waals surface area contributed by atoms with E-state index >= 15 is 0 Å². The van der Waals surface area contributed by atoms with Crippen molar-refractivity contribution in [1.82, 2.24) is 0 Å². The molecule has 5 rings (SSSR count). The predicted molar refractivity (Wildman–Crippen MR) is 150 cm³/mol. The zero-order chi connectivity index (χ0) is 28.0. The molecule has 1 aromatic carbocycles. The fourth-order valence-corrected chi connectivity index (χ4v) is 9.63. The summed E-state index contributed by atoms with van der Waals surface area (Å²) in [6.07, 6.45) is 9.42. The van der Waals surface area contributed by atoms with Crippen LogP contribution in [0.15, 0.2) is 22.4 Å². The highest BCUT2D eigenvalue weighted by Gasteiger charge is 2.63. The largest absolute Gasteiger partial charge is 0.493 e. The van der Waals surface area contributed by atoms with Crippen LogP contribution in [-0.2, 0) is 9.53 Å². The number of hydrogen-bond donors (Lipinski definition) is 2. The van der Waals surface area contributed by atoms with Gasteiger partial charge in [-0.3, -0.25) is 4.79 Å². The van der Waals surface area contributed by atoms with E-state index < -0.39 is 5.60 Å². The second kappa shape index (κ2) is 10.7. The van der Waals surface area contributed by atoms with Crippen LogP contribution in [0.3, 0.4) is 0 Å². The summed E-state index contributed by atoms with van der Waals surface area (Å²) in [5, 5.41) is 19.5. The first kappa shape index (κ1) is 28.3. The Bertz CT molecular complexity index is 1110. The number of rotatable bonds is 8. The predicted octanol–water partition coefficient (Wildman–Crippen LogP) is 5.98. The first-order chi connectivity index (χ1) is 18.6. The van der Waals surface area contributed by atoms with E-state index in [0.29, 0.717) is 46.5 Å². The lowest BCUT2D eigenvalue weighted by atomic mass is 9.43. The third kappa shape index (κ3) is 4.75. The van der Waals surface area contributed by atoms with Crippen LogP contribution in [0.4, 0.5) is 11.4 Å². The van der Waals surface area contributed by atoms with Crippen molar-refractivity contribution < 1.29 is 24.1 Å². The number of benzene rings is 1. The minimum Gasteiger partial charge on any atom is -0.493 e. The highest BCUT2D eigenvalue weighted by Crippen LogP contribution is 2.68. The number of nitrogens with zero attached hydrogens (tertiary/aromatic N) is 2. The summed E-state index contributed by atoms with van der Waals surface area (Å²) in [6.45, 7) is 5.24. The minimum absolute atomic E-state index is 0.0113. The number of methoxy groups -OCH3 is 3. The molecule has 3 N–H and O–H groups in total. The summed E-state index contributed by atoms with van der Waals surface area (Å²) in [6, 6.07) is 3.47. The second-order valence-corrected chi connectivity index (χ2v) is 13.3. The van der Waals surface area contributed by atoms with Gasteiger partial charge in [-0.05, 0) is 111 Å². The Morgan fingerprint density at radius 3 is 2.54 bits per heavy atom. The molecule has 4 fully saturated rings. The number of carbonyl (C=O) groups is 1. The van der Waals surface area contributed by atoms with Crippen LogP contribution in [0.2, 0.25) is 0 Å². The highest BCUT2D eigenvalue weighted by atomic mass is 16.5. The van der Waals surface area contributed by atoms with Crippen molar-refractivity contribution in [2.24, 2.45) is 50.6 Å². The number of ether oxygens (including phenoxy) is 3. The first-order valence-electron chi connectivity index (χ1n) is 14.7. The molecule has 8 nitrogen and oxygen atoms in total. The number of nitrogen functional groups attached to an aromatic ring is 1. The van der Waals surface area contributed by atoms with Crippen LogP contribution in [0.25, 0.3) is 0 Å². The third-order valence-corrected chi connectivity index (χ3v) is 11.4. The summed E-state index contributed by atoms with van der Waals surface area (Å²) >= 11 is 0. The lowest BCUT2D eigenvalue weighted by molar-refractivity contribution is -0.175. The van der Waals surface area contributed by atoms with E-state index in [9.17, 15) is 9.90 Å². The lowest BCUT2D eigenvalue weighted by Gasteiger charge is -2.62. The van der Waals surface area contributed by atoms with Crippen LogP contribution in [0, 0.1) is 40.4 Å². The summed E-state index contributed by atoms with van der Waals surface area (Å²) < 4.78 is 16.5. The summed E-state index contributed by atoms with van der Waals surface area (Å²) in [7, 11) is 4.93. The molecule has 39 heavy (non-hydrogen) atoms. The fraction of sp³-hybridized carbons (Fsp3) is 0.774. The molecule has 4 saturated carbocycles. The Balaban J connectivity index is 1.30. The van der Waals surface area contributed by atoms with Crippen LogP contribution in [-0.4, -0.2) is 51.0 Å². The average Bonchev–Trinajstić information content (AvgIpc) is 3.26. The molecule has 4 aliphatic rings. The van der Waals surface area contributed by atoms with Gasteiger partial charge in [0.05, 0.1) is 26.4 Å². The first-order valence-corrected chi connectivity index (χ1v) is 14.7. The molecule has 0 radical (unpaired) electrons. The van der Waals surface area contributed by atoms with Gasteiger partial charge in [-0.1, -0.05) is 6.92 Å². The molecule has 0 heterocycles. The molecule has 0 amide bonds. The highest BCUT2D eigenvalue weighted by molar-refractivity contribution is 5.84. The molecule has 0 spiro atoms. The number of Topliss-reactive ketones (excluding diaryl/α,β-unsaturated/α-hetero) is 1. The monoisotopic (exact) mass is 541 g/mol. The summed E-state index contributed by atoms with van der Waals surface area (Å²) in [5.74, 6) is 3.49. The minimum atomic E-state index is -0.557. The second-order valence-electron chi connectivity index (χ2n) is 13.3. The SMILES string of the molecule is COC[C@]12CC[C@@](C)(O)C[C@@H]1CC[C@H]1[C@@H]3CC[C@H](C(=O)CN=Nc4ccc(OC)c(OC)c4N)[C@@]3(C)CC[C@@H]12. The molecule has 0 aromatic heterocycles. The lowest BCUT2D eigenvalue weighted by Crippen LogP contribution is -2.58. The number of anilines is 1. The molecule has 8 atom stereocenters. The quantitative estimate of drug-likeness (QED) is 0.309. The Labute approximate surface area is 233 Å². The van der Waals surface area contributed by atoms with E-state index in [1.54, 1.807) is 19.2 Å². The topological polar surface area (TPSA) is 116 Å². The standard InChI is InChI=1S/C31H47N3O5/c1-29(36)14-15-31(18-37-3)19(16-29)6-7-20-21-8-9-23(30(21,2)13-12-22(20)31)25(35)17-33-34-24-10-11-26(38-4)28(39-5)27(24)32/h10-11,19-23,36H,6-9,12-18,32H2,1-5H3/t19-,20-,21-,22-,23+,29+,30-,31+/m0/s1. The van der Waals surface area contributed by atoms with Gasteiger partial charge < -0.3 is 25.1 Å². The normalized spacial score (nSPS) is 39.6. The Morgan fingerprint density at radius 1 is 1.03 bits per heavy atom. The zero-order valence-corrected chi connectivity index (χ0v) is 24.4. The summed E-state index contributed by atoms with van der Waals surface area (Å²) in [5.41, 5.74) is 6.65. The summed E-state index contributed by atoms with van der Waals surface area (Å²) in [4.78, 5) is 13.6. The van der Waals surface area contributed by atoms with E-state index in [2.05, 4.69) is 17.2 Å². The van der Waals surface area contributed by atoms with E-state index in [0.717, 1.165) is 58.0 Å². The van der Waals surface area contributed by atoms with Crippen molar-refractivity contribution in [1.29, 1.82) is 0 Å². The number of aliphatic hydroxyl groups is 1. The fourth-order valence-electron chi connectivity index (χ4n) is 9.63. The molecule has 4 aliphatic carbocycles. The van der Waals surface area contributed by atoms with Gasteiger partial charge in [-0.2, -0.15) is 10.2 Å². The van der Waals surface area contributed by atoms with Crippen molar-refractivity contribution >= 4 is 17.2 Å². The van der Waals surface area contributed by atoms with Gasteiger partial charge >= 0.3 is 0 Å². The maximum absolute atomic E-state index is 13.6. The molecule has 8 heteroatoms. The van der Waals surface area contributed by atoms with Crippen LogP contribution < -0.4 is 15.2 Å². The van der Waals surface area contributed by atoms with Gasteiger partial charge in [0.25, 0.3) is 0 Å². The van der Waals surface area contributed by atoms with Crippen molar-refractivity contribution in [3.05, 3.63) is 12.1 Å². The van der Waals surface area contributed by atoms with Crippen molar-refractivity contribution in [2.45, 2.75) is 77.2 Å². The molecule has 0 saturated heterocycles. The van der Waals surface area contributed by atoms with Gasteiger partial charge in [-0.25, -0.2) is 0 Å². The van der Waals surface area contributed by atoms with Crippen molar-refractivity contribution in [3.63, 3.8) is 0 Å². The average molecular weight is 542 g/mol. The van der Waals surface area contributed by atoms with Crippen molar-refractivity contribution in [3.8, 4) is 11.5 Å². The number of carbonyl (C=O) groups excluding carboxylic acids is 1. The molecule has 0 aliphatic heterocycles. The molecule has 0 unspecified atom stereocenters. The van der Waals surface area contributed by atoms with Crippen LogP contribution in [0.1, 0.15) is 71.6 Å². The molecular weight excluding hydrogens is 494 g/mol. The number of hydrogen-bond acceptors (Lipinski definition) is 8. The zero-order valence-electron chi connectivity index (χ0n) is 24.4. The van der Waals surface area contributed by atoms with E-state index in [1.807, 2.05) is 14.0 Å². The Kier molecular flexibility index (Phi) is 7.74. The van der Waals surface area contributed by atoms with E-state index in [-0.39, 0.29) is 29.1 Å². The van der Waals surface area contributed by atoms with Gasteiger partial charge in [0, 0.05) is 13.0 Å². The molecule has 216 valence electrons. The van der Waals surface area contributed by atoms with E-state index in [1.165, 1.54) is 13.5 Å². The van der Waals surface area contributed by atoms with Crippen molar-refractivity contribution in [2.75, 3.05) is 40.2 Å². The number of azo groups is 1. The number of nitrogens with two attached hydrogens (primary N) is 1. The third-order valence-electron chi connectivity index (χ3n) is 11.4. The molecular formula is C31H47N3O5. The van der Waals surface area contributed by atoms with Gasteiger partial charge in [0.1, 0.15) is 17.9 Å². The Hall–Kier alpha value is -2.19. The van der Waals surface area contributed by atoms with Gasteiger partial charge in [-0.15, -0.1) is 0 Å². The molecule has 1 aromatic rings. The van der Waals surface area contributed by atoms with Crippen LogP contribution in [0.5, 0.6) is 11.5 Å². The Morgan fingerprint density at radius 2 is 1.82 bits per heavy atom. The maximum Gasteiger partial charge on any atom is 0.186 e. The van der Waals surface area contributed by atoms with Gasteiger partial charge in [0.15, 0.2) is 17.3 Å². The smallest absolute Gasteiger partial charge is 0.186 e. The molecule has 0 bridgehead atoms.